The van der Waals surface area contributed by atoms with E-state index in [2.05, 4.69) is 4.98 Å². The zero-order valence-electron chi connectivity index (χ0n) is 12.2. The predicted octanol–water partition coefficient (Wildman–Crippen LogP) is 1.90. The van der Waals surface area contributed by atoms with Gasteiger partial charge in [-0.3, -0.25) is 14.6 Å². The molecule has 0 radical (unpaired) electrons. The van der Waals surface area contributed by atoms with Crippen LogP contribution in [0.2, 0.25) is 0 Å². The summed E-state index contributed by atoms with van der Waals surface area (Å²) in [5, 5.41) is 0. The lowest BCUT2D eigenvalue weighted by Crippen LogP contribution is -2.42. The van der Waals surface area contributed by atoms with E-state index in [1.54, 1.807) is 30.3 Å². The highest BCUT2D eigenvalue weighted by atomic mass is 16.5. The van der Waals surface area contributed by atoms with Crippen molar-refractivity contribution in [1.82, 2.24) is 9.88 Å². The summed E-state index contributed by atoms with van der Waals surface area (Å²) in [6, 6.07) is 3.70. The molecular weight excluding hydrogens is 268 g/mol. The van der Waals surface area contributed by atoms with Crippen molar-refractivity contribution in [3.63, 3.8) is 0 Å². The highest BCUT2D eigenvalue weighted by Crippen LogP contribution is 2.18. The molecule has 0 bridgehead atoms. The summed E-state index contributed by atoms with van der Waals surface area (Å²) in [5.74, 6) is -0.478. The van der Waals surface area contributed by atoms with E-state index in [0.29, 0.717) is 19.7 Å². The van der Waals surface area contributed by atoms with E-state index in [0.717, 1.165) is 18.4 Å². The highest BCUT2D eigenvalue weighted by molar-refractivity contribution is 5.92. The third-order valence-electron chi connectivity index (χ3n) is 3.46. The molecule has 1 saturated heterocycles. The first-order valence-corrected chi connectivity index (χ1v) is 7.24. The first kappa shape index (κ1) is 15.2. The molecule has 5 heteroatoms. The van der Waals surface area contributed by atoms with E-state index >= 15 is 0 Å². The molecule has 0 N–H and O–H groups in total. The van der Waals surface area contributed by atoms with Gasteiger partial charge in [-0.25, -0.2) is 0 Å². The molecular formula is C16H20N2O3. The van der Waals surface area contributed by atoms with E-state index in [1.165, 1.54) is 6.08 Å². The minimum Gasteiger partial charge on any atom is -0.466 e. The average Bonchev–Trinajstić information content (AvgIpc) is 2.54. The van der Waals surface area contributed by atoms with Gasteiger partial charge < -0.3 is 9.64 Å². The molecule has 1 aliphatic rings. The lowest BCUT2D eigenvalue weighted by Gasteiger charge is -2.30. The Morgan fingerprint density at radius 2 is 2.38 bits per heavy atom. The summed E-state index contributed by atoms with van der Waals surface area (Å²) < 4.78 is 5.04. The fraction of sp³-hybridized carbons (Fsp3) is 0.438. The third kappa shape index (κ3) is 4.41. The van der Waals surface area contributed by atoms with Crippen molar-refractivity contribution >= 4 is 18.0 Å². The lowest BCUT2D eigenvalue weighted by molar-refractivity contribution is -0.150. The molecule has 1 fully saturated rings. The Morgan fingerprint density at radius 1 is 1.52 bits per heavy atom. The van der Waals surface area contributed by atoms with Gasteiger partial charge in [0.15, 0.2) is 0 Å². The van der Waals surface area contributed by atoms with Crippen LogP contribution in [-0.4, -0.2) is 41.5 Å². The third-order valence-corrected chi connectivity index (χ3v) is 3.46. The molecule has 2 rings (SSSR count). The smallest absolute Gasteiger partial charge is 0.310 e. The topological polar surface area (TPSA) is 59.5 Å². The van der Waals surface area contributed by atoms with E-state index in [-0.39, 0.29) is 17.8 Å². The molecule has 0 spiro atoms. The molecule has 0 aromatic carbocycles. The SMILES string of the molecule is CCOC(=O)[C@@H]1CCCN(C(=O)/C=C/c2cccnc2)C1. The van der Waals surface area contributed by atoms with Gasteiger partial charge in [0.25, 0.3) is 0 Å². The molecule has 2 heterocycles. The number of esters is 1. The van der Waals surface area contributed by atoms with Crippen LogP contribution in [0.1, 0.15) is 25.3 Å². The quantitative estimate of drug-likeness (QED) is 0.627. The normalized spacial score (nSPS) is 18.7. The second kappa shape index (κ2) is 7.57. The highest BCUT2D eigenvalue weighted by Gasteiger charge is 2.28. The minimum atomic E-state index is -0.203. The number of carbonyl (C=O) groups is 2. The lowest BCUT2D eigenvalue weighted by atomic mass is 9.98. The Hall–Kier alpha value is -2.17. The Kier molecular flexibility index (Phi) is 5.49. The number of nitrogens with zero attached hydrogens (tertiary/aromatic N) is 2. The van der Waals surface area contributed by atoms with Crippen molar-refractivity contribution in [2.75, 3.05) is 19.7 Å². The van der Waals surface area contributed by atoms with E-state index in [1.807, 2.05) is 12.1 Å². The number of likely N-dealkylation sites (tertiary alicyclic amines) is 1. The number of hydrogen-bond acceptors (Lipinski definition) is 4. The average molecular weight is 288 g/mol. The second-order valence-electron chi connectivity index (χ2n) is 5.00. The summed E-state index contributed by atoms with van der Waals surface area (Å²) in [6.45, 7) is 3.30. The van der Waals surface area contributed by atoms with Crippen LogP contribution in [0.15, 0.2) is 30.6 Å². The number of aromatic nitrogens is 1. The maximum atomic E-state index is 12.2. The summed E-state index contributed by atoms with van der Waals surface area (Å²) in [7, 11) is 0. The van der Waals surface area contributed by atoms with Crippen LogP contribution in [0.3, 0.4) is 0 Å². The van der Waals surface area contributed by atoms with Gasteiger partial charge in [-0.2, -0.15) is 0 Å². The van der Waals surface area contributed by atoms with Gasteiger partial charge in [0.05, 0.1) is 12.5 Å². The number of carbonyl (C=O) groups excluding carboxylic acids is 2. The Morgan fingerprint density at radius 3 is 3.10 bits per heavy atom. The van der Waals surface area contributed by atoms with Crippen LogP contribution in [-0.2, 0) is 14.3 Å². The van der Waals surface area contributed by atoms with Crippen molar-refractivity contribution in [1.29, 1.82) is 0 Å². The van der Waals surface area contributed by atoms with Crippen LogP contribution in [0, 0.1) is 5.92 Å². The fourth-order valence-electron chi connectivity index (χ4n) is 2.38. The van der Waals surface area contributed by atoms with Gasteiger partial charge in [0, 0.05) is 31.6 Å². The van der Waals surface area contributed by atoms with Crippen LogP contribution in [0.25, 0.3) is 6.08 Å². The Labute approximate surface area is 124 Å². The van der Waals surface area contributed by atoms with Gasteiger partial charge in [-0.1, -0.05) is 6.07 Å². The van der Waals surface area contributed by atoms with Crippen molar-refractivity contribution in [3.8, 4) is 0 Å². The van der Waals surface area contributed by atoms with Crippen molar-refractivity contribution in [2.45, 2.75) is 19.8 Å². The summed E-state index contributed by atoms with van der Waals surface area (Å²) in [6.07, 6.45) is 8.27. The number of amides is 1. The largest absolute Gasteiger partial charge is 0.466 e. The van der Waals surface area contributed by atoms with Gasteiger partial charge >= 0.3 is 5.97 Å². The maximum absolute atomic E-state index is 12.2. The Balaban J connectivity index is 1.93. The molecule has 1 aromatic rings. The number of piperidine rings is 1. The van der Waals surface area contributed by atoms with Gasteiger partial charge in [0.2, 0.25) is 5.91 Å². The van der Waals surface area contributed by atoms with Crippen LogP contribution in [0.5, 0.6) is 0 Å². The van der Waals surface area contributed by atoms with Crippen molar-refractivity contribution in [2.24, 2.45) is 5.92 Å². The number of rotatable bonds is 4. The molecule has 1 atom stereocenters. The summed E-state index contributed by atoms with van der Waals surface area (Å²) in [4.78, 5) is 29.6. The monoisotopic (exact) mass is 288 g/mol. The molecule has 0 saturated carbocycles. The first-order valence-electron chi connectivity index (χ1n) is 7.24. The first-order chi connectivity index (χ1) is 10.2. The zero-order valence-corrected chi connectivity index (χ0v) is 12.2. The van der Waals surface area contributed by atoms with E-state index in [9.17, 15) is 9.59 Å². The zero-order chi connectivity index (χ0) is 15.1. The summed E-state index contributed by atoms with van der Waals surface area (Å²) in [5.41, 5.74) is 0.879. The van der Waals surface area contributed by atoms with Crippen LogP contribution in [0.4, 0.5) is 0 Å². The second-order valence-corrected chi connectivity index (χ2v) is 5.00. The van der Waals surface area contributed by atoms with Crippen LogP contribution < -0.4 is 0 Å². The van der Waals surface area contributed by atoms with Crippen molar-refractivity contribution in [3.05, 3.63) is 36.2 Å². The molecule has 112 valence electrons. The van der Waals surface area contributed by atoms with Gasteiger partial charge in [-0.05, 0) is 37.5 Å². The Bertz CT molecular complexity index is 514. The number of hydrogen-bond donors (Lipinski definition) is 0. The van der Waals surface area contributed by atoms with Crippen molar-refractivity contribution < 1.29 is 14.3 Å². The minimum absolute atomic E-state index is 0.0761. The molecule has 1 aliphatic heterocycles. The van der Waals surface area contributed by atoms with Gasteiger partial charge in [-0.15, -0.1) is 0 Å². The van der Waals surface area contributed by atoms with E-state index in [4.69, 9.17) is 4.74 Å². The fourth-order valence-corrected chi connectivity index (χ4v) is 2.38. The van der Waals surface area contributed by atoms with Crippen LogP contribution >= 0.6 is 0 Å². The predicted molar refractivity (Wildman–Crippen MR) is 79.2 cm³/mol. The molecule has 1 aromatic heterocycles. The molecule has 5 nitrogen and oxygen atoms in total. The standard InChI is InChI=1S/C16H20N2O3/c1-2-21-16(20)14-6-4-10-18(12-14)15(19)8-7-13-5-3-9-17-11-13/h3,5,7-9,11,14H,2,4,6,10,12H2,1H3/b8-7+/t14-/m1/s1. The summed E-state index contributed by atoms with van der Waals surface area (Å²) >= 11 is 0. The molecule has 1 amide bonds. The molecule has 21 heavy (non-hydrogen) atoms. The molecule has 0 aliphatic carbocycles. The number of pyridine rings is 1. The molecule has 0 unspecified atom stereocenters. The van der Waals surface area contributed by atoms with Gasteiger partial charge in [0.1, 0.15) is 0 Å². The maximum Gasteiger partial charge on any atom is 0.310 e. The van der Waals surface area contributed by atoms with E-state index < -0.39 is 0 Å². The number of ether oxygens (including phenoxy) is 1.